The summed E-state index contributed by atoms with van der Waals surface area (Å²) in [5.41, 5.74) is 8.08. The summed E-state index contributed by atoms with van der Waals surface area (Å²) in [6.45, 7) is 0. The van der Waals surface area contributed by atoms with Crippen molar-refractivity contribution in [1.82, 2.24) is 5.32 Å². The number of hydrogen-bond acceptors (Lipinski definition) is 3. The van der Waals surface area contributed by atoms with Gasteiger partial charge in [-0.05, 0) is 12.8 Å². The van der Waals surface area contributed by atoms with E-state index >= 15 is 0 Å². The normalized spacial score (nSPS) is 23.8. The SMILES string of the molecule is NC1=CCCC2=C1SCN2. The predicted octanol–water partition coefficient (Wildman–Crippen LogP) is 1.13. The summed E-state index contributed by atoms with van der Waals surface area (Å²) in [5, 5.41) is 3.31. The van der Waals surface area contributed by atoms with E-state index < -0.39 is 0 Å². The molecular formula is C7H10N2S. The van der Waals surface area contributed by atoms with E-state index in [0.717, 1.165) is 24.4 Å². The van der Waals surface area contributed by atoms with E-state index in [4.69, 9.17) is 5.73 Å². The van der Waals surface area contributed by atoms with E-state index in [0.29, 0.717) is 0 Å². The maximum absolute atomic E-state index is 5.76. The van der Waals surface area contributed by atoms with Crippen LogP contribution in [0.15, 0.2) is 22.4 Å². The van der Waals surface area contributed by atoms with Crippen LogP contribution < -0.4 is 11.1 Å². The Bertz CT molecular complexity index is 218. The van der Waals surface area contributed by atoms with Gasteiger partial charge in [-0.2, -0.15) is 0 Å². The molecule has 0 saturated carbocycles. The zero-order valence-corrected chi connectivity index (χ0v) is 6.50. The van der Waals surface area contributed by atoms with Crippen molar-refractivity contribution >= 4 is 11.8 Å². The Morgan fingerprint density at radius 1 is 1.60 bits per heavy atom. The molecule has 0 bridgehead atoms. The summed E-state index contributed by atoms with van der Waals surface area (Å²) in [6.07, 6.45) is 4.35. The van der Waals surface area contributed by atoms with Crippen molar-refractivity contribution in [2.45, 2.75) is 12.8 Å². The molecule has 0 amide bonds. The second kappa shape index (κ2) is 2.23. The third-order valence-corrected chi connectivity index (χ3v) is 2.86. The van der Waals surface area contributed by atoms with Gasteiger partial charge in [-0.1, -0.05) is 6.08 Å². The first-order chi connectivity index (χ1) is 4.88. The van der Waals surface area contributed by atoms with Crippen LogP contribution in [0.2, 0.25) is 0 Å². The van der Waals surface area contributed by atoms with E-state index in [1.807, 2.05) is 11.8 Å². The van der Waals surface area contributed by atoms with Crippen molar-refractivity contribution in [2.24, 2.45) is 5.73 Å². The summed E-state index contributed by atoms with van der Waals surface area (Å²) in [6, 6.07) is 0. The molecule has 0 saturated heterocycles. The number of nitrogens with two attached hydrogens (primary N) is 1. The van der Waals surface area contributed by atoms with Gasteiger partial charge in [-0.3, -0.25) is 0 Å². The van der Waals surface area contributed by atoms with E-state index in [9.17, 15) is 0 Å². The Hall–Kier alpha value is -0.570. The third-order valence-electron chi connectivity index (χ3n) is 1.80. The van der Waals surface area contributed by atoms with Crippen molar-refractivity contribution in [2.75, 3.05) is 5.88 Å². The minimum atomic E-state index is 0.969. The fourth-order valence-corrected chi connectivity index (χ4v) is 2.28. The summed E-state index contributed by atoms with van der Waals surface area (Å²) < 4.78 is 0. The molecule has 0 aromatic rings. The zero-order chi connectivity index (χ0) is 6.97. The Morgan fingerprint density at radius 3 is 3.30 bits per heavy atom. The van der Waals surface area contributed by atoms with Gasteiger partial charge in [0.05, 0.1) is 10.8 Å². The monoisotopic (exact) mass is 154 g/mol. The highest BCUT2D eigenvalue weighted by atomic mass is 32.2. The van der Waals surface area contributed by atoms with E-state index in [1.54, 1.807) is 0 Å². The predicted molar refractivity (Wildman–Crippen MR) is 44.1 cm³/mol. The van der Waals surface area contributed by atoms with Gasteiger partial charge >= 0.3 is 0 Å². The standard InChI is InChI=1S/C7H10N2S/c8-5-2-1-3-6-7(5)10-4-9-6/h2,9H,1,3-4,8H2. The molecule has 10 heavy (non-hydrogen) atoms. The zero-order valence-electron chi connectivity index (χ0n) is 5.68. The molecule has 0 aromatic heterocycles. The Kier molecular flexibility index (Phi) is 1.38. The van der Waals surface area contributed by atoms with Crippen LogP contribution in [-0.2, 0) is 0 Å². The van der Waals surface area contributed by atoms with E-state index in [2.05, 4.69) is 11.4 Å². The largest absolute Gasteiger partial charge is 0.398 e. The van der Waals surface area contributed by atoms with Crippen molar-refractivity contribution in [1.29, 1.82) is 0 Å². The van der Waals surface area contributed by atoms with Crippen molar-refractivity contribution in [3.8, 4) is 0 Å². The second-order valence-corrected chi connectivity index (χ2v) is 3.46. The van der Waals surface area contributed by atoms with Gasteiger partial charge < -0.3 is 11.1 Å². The van der Waals surface area contributed by atoms with Crippen LogP contribution in [0.1, 0.15) is 12.8 Å². The first-order valence-electron chi connectivity index (χ1n) is 3.44. The van der Waals surface area contributed by atoms with E-state index in [-0.39, 0.29) is 0 Å². The third kappa shape index (κ3) is 0.814. The smallest absolute Gasteiger partial charge is 0.0656 e. The van der Waals surface area contributed by atoms with Gasteiger partial charge in [-0.15, -0.1) is 11.8 Å². The number of thioether (sulfide) groups is 1. The van der Waals surface area contributed by atoms with Crippen LogP contribution >= 0.6 is 11.8 Å². The molecule has 0 radical (unpaired) electrons. The number of hydrogen-bond donors (Lipinski definition) is 2. The maximum Gasteiger partial charge on any atom is 0.0656 e. The van der Waals surface area contributed by atoms with Crippen molar-refractivity contribution in [3.05, 3.63) is 22.4 Å². The summed E-state index contributed by atoms with van der Waals surface area (Å²) in [4.78, 5) is 1.28. The van der Waals surface area contributed by atoms with Gasteiger partial charge in [0.15, 0.2) is 0 Å². The van der Waals surface area contributed by atoms with Crippen molar-refractivity contribution < 1.29 is 0 Å². The minimum Gasteiger partial charge on any atom is -0.398 e. The van der Waals surface area contributed by atoms with Gasteiger partial charge in [0.25, 0.3) is 0 Å². The molecule has 3 heteroatoms. The van der Waals surface area contributed by atoms with Crippen LogP contribution in [0.5, 0.6) is 0 Å². The first kappa shape index (κ1) is 6.16. The van der Waals surface area contributed by atoms with Crippen LogP contribution in [0, 0.1) is 0 Å². The topological polar surface area (TPSA) is 38.0 Å². The lowest BCUT2D eigenvalue weighted by atomic mass is 10.1. The number of allylic oxidation sites excluding steroid dienone is 2. The molecule has 3 N–H and O–H groups in total. The molecule has 1 heterocycles. The highest BCUT2D eigenvalue weighted by Gasteiger charge is 2.18. The van der Waals surface area contributed by atoms with Crippen LogP contribution in [0.3, 0.4) is 0 Å². The van der Waals surface area contributed by atoms with Crippen LogP contribution in [-0.4, -0.2) is 5.88 Å². The molecular weight excluding hydrogens is 144 g/mol. The molecule has 0 spiro atoms. The molecule has 1 aliphatic carbocycles. The molecule has 2 rings (SSSR count). The summed E-state index contributed by atoms with van der Waals surface area (Å²) in [5.74, 6) is 0.999. The van der Waals surface area contributed by atoms with E-state index in [1.165, 1.54) is 10.6 Å². The summed E-state index contributed by atoms with van der Waals surface area (Å²) >= 11 is 1.81. The van der Waals surface area contributed by atoms with Crippen LogP contribution in [0.4, 0.5) is 0 Å². The minimum absolute atomic E-state index is 0.969. The fraction of sp³-hybridized carbons (Fsp3) is 0.429. The molecule has 0 aromatic carbocycles. The number of rotatable bonds is 0. The Balaban J connectivity index is 2.33. The highest BCUT2D eigenvalue weighted by Crippen LogP contribution is 2.33. The number of nitrogens with one attached hydrogen (secondary N) is 1. The quantitative estimate of drug-likeness (QED) is 0.549. The Labute approximate surface area is 64.6 Å². The molecule has 0 fully saturated rings. The second-order valence-electron chi connectivity index (χ2n) is 2.47. The van der Waals surface area contributed by atoms with Crippen molar-refractivity contribution in [3.63, 3.8) is 0 Å². The van der Waals surface area contributed by atoms with Crippen LogP contribution in [0.25, 0.3) is 0 Å². The lowest BCUT2D eigenvalue weighted by Gasteiger charge is -2.10. The molecule has 2 nitrogen and oxygen atoms in total. The van der Waals surface area contributed by atoms with Gasteiger partial charge in [0.1, 0.15) is 0 Å². The Morgan fingerprint density at radius 2 is 2.50 bits per heavy atom. The maximum atomic E-state index is 5.76. The highest BCUT2D eigenvalue weighted by molar-refractivity contribution is 8.03. The average molecular weight is 154 g/mol. The van der Waals surface area contributed by atoms with Gasteiger partial charge in [0.2, 0.25) is 0 Å². The molecule has 54 valence electrons. The lowest BCUT2D eigenvalue weighted by molar-refractivity contribution is 0.829. The molecule has 2 aliphatic rings. The fourth-order valence-electron chi connectivity index (χ4n) is 1.29. The van der Waals surface area contributed by atoms with Gasteiger partial charge in [0, 0.05) is 11.4 Å². The van der Waals surface area contributed by atoms with Gasteiger partial charge in [-0.25, -0.2) is 0 Å². The first-order valence-corrected chi connectivity index (χ1v) is 4.42. The molecule has 0 atom stereocenters. The molecule has 0 unspecified atom stereocenters. The summed E-state index contributed by atoms with van der Waals surface area (Å²) in [7, 11) is 0. The molecule has 1 aliphatic heterocycles. The average Bonchev–Trinajstić information content (AvgIpc) is 2.36. The lowest BCUT2D eigenvalue weighted by Crippen LogP contribution is -2.10.